The van der Waals surface area contributed by atoms with Crippen LogP contribution in [0, 0.1) is 0 Å². The molecule has 6 heteroatoms. The number of fused-ring (bicyclic) bond motifs is 1. The Bertz CT molecular complexity index is 782. The van der Waals surface area contributed by atoms with E-state index in [0.29, 0.717) is 12.2 Å². The molecule has 3 aromatic rings. The first kappa shape index (κ1) is 13.2. The molecule has 0 saturated heterocycles. The molecule has 0 spiro atoms. The Kier molecular flexibility index (Phi) is 3.59. The summed E-state index contributed by atoms with van der Waals surface area (Å²) in [5, 5.41) is 1.02. The second-order valence-corrected chi connectivity index (χ2v) is 4.59. The van der Waals surface area contributed by atoms with Crippen LogP contribution in [0.15, 0.2) is 43.0 Å². The van der Waals surface area contributed by atoms with Crippen LogP contribution in [-0.2, 0) is 17.7 Å². The molecule has 0 N–H and O–H groups in total. The van der Waals surface area contributed by atoms with Gasteiger partial charge in [-0.25, -0.2) is 19.7 Å². The maximum absolute atomic E-state index is 11.3. The van der Waals surface area contributed by atoms with Gasteiger partial charge in [-0.2, -0.15) is 0 Å². The molecule has 106 valence electrons. The quantitative estimate of drug-likeness (QED) is 0.683. The van der Waals surface area contributed by atoms with Crippen molar-refractivity contribution in [2.75, 3.05) is 7.11 Å². The number of imidazole rings is 1. The van der Waals surface area contributed by atoms with Crippen LogP contribution in [0.4, 0.5) is 0 Å². The zero-order valence-corrected chi connectivity index (χ0v) is 11.6. The molecule has 3 rings (SSSR count). The molecule has 0 bridgehead atoms. The van der Waals surface area contributed by atoms with E-state index in [9.17, 15) is 4.79 Å². The van der Waals surface area contributed by atoms with E-state index in [4.69, 9.17) is 0 Å². The minimum atomic E-state index is -0.429. The largest absolute Gasteiger partial charge is 0.464 e. The number of carbonyl (C=O) groups is 1. The molecule has 21 heavy (non-hydrogen) atoms. The molecule has 0 aliphatic heterocycles. The van der Waals surface area contributed by atoms with Crippen LogP contribution in [0.2, 0.25) is 0 Å². The Labute approximate surface area is 121 Å². The summed E-state index contributed by atoms with van der Waals surface area (Å²) in [4.78, 5) is 24.1. The lowest BCUT2D eigenvalue weighted by atomic mass is 10.2. The number of carbonyl (C=O) groups excluding carboxylic acids is 1. The van der Waals surface area contributed by atoms with Crippen LogP contribution in [0.1, 0.15) is 16.2 Å². The van der Waals surface area contributed by atoms with E-state index in [0.717, 1.165) is 23.1 Å². The number of hydrogen-bond donors (Lipinski definition) is 0. The van der Waals surface area contributed by atoms with E-state index in [2.05, 4.69) is 19.7 Å². The summed E-state index contributed by atoms with van der Waals surface area (Å²) in [5.74, 6) is -0.429. The standard InChI is InChI=1S/C15H14N4O2/c1-21-15(20)13-9-19(10-17-13)8-6-12-5-4-11-3-2-7-16-14(11)18-12/h2-5,7,9-10H,6,8H2,1H3. The monoisotopic (exact) mass is 282 g/mol. The fourth-order valence-corrected chi connectivity index (χ4v) is 2.07. The summed E-state index contributed by atoms with van der Waals surface area (Å²) < 4.78 is 6.47. The highest BCUT2D eigenvalue weighted by Gasteiger charge is 2.08. The maximum Gasteiger partial charge on any atom is 0.358 e. The van der Waals surface area contributed by atoms with E-state index in [1.54, 1.807) is 18.7 Å². The first-order chi connectivity index (χ1) is 10.3. The van der Waals surface area contributed by atoms with Crippen molar-refractivity contribution in [2.45, 2.75) is 13.0 Å². The van der Waals surface area contributed by atoms with Crippen molar-refractivity contribution in [1.82, 2.24) is 19.5 Å². The van der Waals surface area contributed by atoms with Crippen molar-refractivity contribution in [3.63, 3.8) is 0 Å². The van der Waals surface area contributed by atoms with Crippen LogP contribution in [-0.4, -0.2) is 32.6 Å². The molecular weight excluding hydrogens is 268 g/mol. The molecular formula is C15H14N4O2. The van der Waals surface area contributed by atoms with E-state index in [-0.39, 0.29) is 0 Å². The third-order valence-corrected chi connectivity index (χ3v) is 3.18. The lowest BCUT2D eigenvalue weighted by Gasteiger charge is -2.03. The summed E-state index contributed by atoms with van der Waals surface area (Å²) >= 11 is 0. The SMILES string of the molecule is COC(=O)c1cn(CCc2ccc3cccnc3n2)cn1. The number of ether oxygens (including phenoxy) is 1. The number of aryl methyl sites for hydroxylation is 2. The molecule has 0 fully saturated rings. The van der Waals surface area contributed by atoms with Crippen molar-refractivity contribution in [1.29, 1.82) is 0 Å². The molecule has 3 heterocycles. The number of nitrogens with zero attached hydrogens (tertiary/aromatic N) is 4. The zero-order valence-electron chi connectivity index (χ0n) is 11.6. The minimum absolute atomic E-state index is 0.311. The Morgan fingerprint density at radius 3 is 3.05 bits per heavy atom. The van der Waals surface area contributed by atoms with Gasteiger partial charge in [0.25, 0.3) is 0 Å². The molecule has 0 atom stereocenters. The van der Waals surface area contributed by atoms with Crippen LogP contribution >= 0.6 is 0 Å². The van der Waals surface area contributed by atoms with Gasteiger partial charge in [-0.3, -0.25) is 0 Å². The first-order valence-electron chi connectivity index (χ1n) is 6.57. The summed E-state index contributed by atoms with van der Waals surface area (Å²) in [6.45, 7) is 0.690. The topological polar surface area (TPSA) is 69.9 Å². The van der Waals surface area contributed by atoms with Gasteiger partial charge in [0.15, 0.2) is 11.3 Å². The predicted octanol–water partition coefficient (Wildman–Crippen LogP) is 1.86. The van der Waals surface area contributed by atoms with E-state index in [1.165, 1.54) is 7.11 Å². The predicted molar refractivity (Wildman–Crippen MR) is 76.8 cm³/mol. The lowest BCUT2D eigenvalue weighted by Crippen LogP contribution is -2.03. The first-order valence-corrected chi connectivity index (χ1v) is 6.57. The molecule has 0 aliphatic carbocycles. The maximum atomic E-state index is 11.3. The molecule has 0 amide bonds. The third-order valence-electron chi connectivity index (χ3n) is 3.18. The Hall–Kier alpha value is -2.76. The molecule has 0 radical (unpaired) electrons. The van der Waals surface area contributed by atoms with Crippen LogP contribution < -0.4 is 0 Å². The summed E-state index contributed by atoms with van der Waals surface area (Å²) in [6, 6.07) is 7.88. The number of aromatic nitrogens is 4. The highest BCUT2D eigenvalue weighted by atomic mass is 16.5. The Morgan fingerprint density at radius 2 is 2.19 bits per heavy atom. The van der Waals surface area contributed by atoms with Crippen molar-refractivity contribution in [3.8, 4) is 0 Å². The third kappa shape index (κ3) is 2.89. The van der Waals surface area contributed by atoms with Crippen LogP contribution in [0.25, 0.3) is 11.0 Å². The zero-order chi connectivity index (χ0) is 14.7. The van der Waals surface area contributed by atoms with Gasteiger partial charge in [0.2, 0.25) is 0 Å². The van der Waals surface area contributed by atoms with Gasteiger partial charge >= 0.3 is 5.97 Å². The summed E-state index contributed by atoms with van der Waals surface area (Å²) in [6.07, 6.45) is 5.76. The molecule has 3 aromatic heterocycles. The van der Waals surface area contributed by atoms with Crippen molar-refractivity contribution >= 4 is 17.0 Å². The second-order valence-electron chi connectivity index (χ2n) is 4.59. The minimum Gasteiger partial charge on any atom is -0.464 e. The Balaban J connectivity index is 1.71. The molecule has 0 saturated carbocycles. The van der Waals surface area contributed by atoms with Crippen molar-refractivity contribution in [3.05, 3.63) is 54.4 Å². The highest BCUT2D eigenvalue weighted by Crippen LogP contribution is 2.10. The normalized spacial score (nSPS) is 10.7. The number of esters is 1. The van der Waals surface area contributed by atoms with Crippen LogP contribution in [0.5, 0.6) is 0 Å². The molecule has 0 aromatic carbocycles. The number of methoxy groups -OCH3 is 1. The summed E-state index contributed by atoms with van der Waals surface area (Å²) in [7, 11) is 1.34. The summed E-state index contributed by atoms with van der Waals surface area (Å²) in [5.41, 5.74) is 2.01. The van der Waals surface area contributed by atoms with Gasteiger partial charge < -0.3 is 9.30 Å². The second kappa shape index (κ2) is 5.70. The van der Waals surface area contributed by atoms with E-state index >= 15 is 0 Å². The fourth-order valence-electron chi connectivity index (χ4n) is 2.07. The van der Waals surface area contributed by atoms with E-state index in [1.807, 2.05) is 28.8 Å². The van der Waals surface area contributed by atoms with Crippen LogP contribution in [0.3, 0.4) is 0 Å². The number of pyridine rings is 2. The van der Waals surface area contributed by atoms with E-state index < -0.39 is 5.97 Å². The number of rotatable bonds is 4. The van der Waals surface area contributed by atoms with Gasteiger partial charge in [0, 0.05) is 36.4 Å². The van der Waals surface area contributed by atoms with Gasteiger partial charge in [-0.05, 0) is 24.3 Å². The van der Waals surface area contributed by atoms with Gasteiger partial charge in [-0.1, -0.05) is 0 Å². The average molecular weight is 282 g/mol. The van der Waals surface area contributed by atoms with Crippen molar-refractivity contribution < 1.29 is 9.53 Å². The smallest absolute Gasteiger partial charge is 0.358 e. The molecule has 0 aliphatic rings. The fraction of sp³-hybridized carbons (Fsp3) is 0.200. The highest BCUT2D eigenvalue weighted by molar-refractivity contribution is 5.86. The lowest BCUT2D eigenvalue weighted by molar-refractivity contribution is 0.0594. The van der Waals surface area contributed by atoms with Gasteiger partial charge in [0.05, 0.1) is 13.4 Å². The average Bonchev–Trinajstić information content (AvgIpc) is 3.01. The number of hydrogen-bond acceptors (Lipinski definition) is 5. The van der Waals surface area contributed by atoms with Crippen molar-refractivity contribution in [2.24, 2.45) is 0 Å². The van der Waals surface area contributed by atoms with Gasteiger partial charge in [-0.15, -0.1) is 0 Å². The molecule has 6 nitrogen and oxygen atoms in total. The molecule has 0 unspecified atom stereocenters. The van der Waals surface area contributed by atoms with Gasteiger partial charge in [0.1, 0.15) is 0 Å². The Morgan fingerprint density at radius 1 is 1.29 bits per heavy atom.